The predicted octanol–water partition coefficient (Wildman–Crippen LogP) is 3.66. The number of fused-ring (bicyclic) bond motifs is 1. The smallest absolute Gasteiger partial charge is 0.172 e. The maximum atomic E-state index is 13.9. The highest BCUT2D eigenvalue weighted by atomic mass is 19.1. The van der Waals surface area contributed by atoms with Gasteiger partial charge in [-0.25, -0.2) is 18.7 Å². The number of nitrogens with one attached hydrogen (secondary N) is 2. The molecular weight excluding hydrogens is 388 g/mol. The summed E-state index contributed by atoms with van der Waals surface area (Å²) in [7, 11) is 0. The van der Waals surface area contributed by atoms with E-state index in [-0.39, 0.29) is 17.4 Å². The third-order valence-corrected chi connectivity index (χ3v) is 5.29. The summed E-state index contributed by atoms with van der Waals surface area (Å²) in [6, 6.07) is 3.42. The fraction of sp³-hybridized carbons (Fsp3) is 0.545. The number of aromatic nitrogens is 2. The molecule has 8 heteroatoms. The summed E-state index contributed by atoms with van der Waals surface area (Å²) >= 11 is 0. The summed E-state index contributed by atoms with van der Waals surface area (Å²) in [4.78, 5) is 12.1. The van der Waals surface area contributed by atoms with E-state index in [2.05, 4.69) is 36.3 Å². The Morgan fingerprint density at radius 1 is 1.13 bits per heavy atom. The van der Waals surface area contributed by atoms with Crippen LogP contribution >= 0.6 is 0 Å². The minimum absolute atomic E-state index is 0.101. The van der Waals surface area contributed by atoms with Crippen molar-refractivity contribution in [3.8, 4) is 5.75 Å². The summed E-state index contributed by atoms with van der Waals surface area (Å²) in [5, 5.41) is 6.87. The van der Waals surface area contributed by atoms with E-state index in [0.717, 1.165) is 74.5 Å². The molecule has 0 bridgehead atoms. The van der Waals surface area contributed by atoms with Crippen LogP contribution in [0.1, 0.15) is 45.0 Å². The van der Waals surface area contributed by atoms with Crippen LogP contribution in [0.4, 0.5) is 20.4 Å². The Bertz CT molecular complexity index is 907. The van der Waals surface area contributed by atoms with E-state index in [4.69, 9.17) is 14.7 Å². The van der Waals surface area contributed by atoms with E-state index >= 15 is 0 Å². The van der Waals surface area contributed by atoms with Crippen LogP contribution in [0.2, 0.25) is 0 Å². The van der Waals surface area contributed by atoms with Crippen molar-refractivity contribution in [1.29, 1.82) is 0 Å². The second-order valence-electron chi connectivity index (χ2n) is 8.97. The average molecular weight is 418 g/mol. The molecule has 0 spiro atoms. The highest BCUT2D eigenvalue weighted by Crippen LogP contribution is 2.30. The Labute approximate surface area is 176 Å². The van der Waals surface area contributed by atoms with E-state index in [0.29, 0.717) is 0 Å². The molecule has 1 aromatic heterocycles. The van der Waals surface area contributed by atoms with Crippen LogP contribution in [0.25, 0.3) is 0 Å². The molecule has 2 N–H and O–H groups in total. The van der Waals surface area contributed by atoms with Gasteiger partial charge in [-0.15, -0.1) is 0 Å². The molecule has 162 valence electrons. The Kier molecular flexibility index (Phi) is 5.77. The number of piperidine rings is 1. The van der Waals surface area contributed by atoms with Gasteiger partial charge in [-0.1, -0.05) is 0 Å². The van der Waals surface area contributed by atoms with E-state index in [1.807, 2.05) is 0 Å². The molecule has 2 aromatic rings. The van der Waals surface area contributed by atoms with E-state index in [1.165, 1.54) is 12.1 Å². The number of halogens is 2. The van der Waals surface area contributed by atoms with Crippen LogP contribution in [0, 0.1) is 11.6 Å². The van der Waals surface area contributed by atoms with Gasteiger partial charge in [0.05, 0.1) is 11.4 Å². The Morgan fingerprint density at radius 3 is 2.60 bits per heavy atom. The van der Waals surface area contributed by atoms with Crippen LogP contribution in [0.3, 0.4) is 0 Å². The van der Waals surface area contributed by atoms with E-state index in [1.54, 1.807) is 0 Å². The normalized spacial score (nSPS) is 17.6. The monoisotopic (exact) mass is 417 g/mol. The van der Waals surface area contributed by atoms with Gasteiger partial charge >= 0.3 is 0 Å². The highest BCUT2D eigenvalue weighted by Gasteiger charge is 2.27. The maximum Gasteiger partial charge on any atom is 0.172 e. The molecule has 6 nitrogen and oxygen atoms in total. The lowest BCUT2D eigenvalue weighted by molar-refractivity contribution is 0.163. The molecule has 2 aliphatic heterocycles. The lowest BCUT2D eigenvalue weighted by Gasteiger charge is -2.35. The molecule has 0 saturated carbocycles. The van der Waals surface area contributed by atoms with Crippen molar-refractivity contribution in [3.63, 3.8) is 0 Å². The third-order valence-electron chi connectivity index (χ3n) is 5.29. The first-order valence-electron chi connectivity index (χ1n) is 10.5. The minimum atomic E-state index is -0.665. The van der Waals surface area contributed by atoms with Crippen molar-refractivity contribution in [2.24, 2.45) is 0 Å². The number of hydrogen-bond donors (Lipinski definition) is 2. The number of hydrogen-bond acceptors (Lipinski definition) is 6. The van der Waals surface area contributed by atoms with Crippen molar-refractivity contribution >= 4 is 11.6 Å². The maximum absolute atomic E-state index is 13.9. The summed E-state index contributed by atoms with van der Waals surface area (Å²) in [6.07, 6.45) is 2.21. The lowest BCUT2D eigenvalue weighted by atomic mass is 10.1. The Hall–Kier alpha value is -2.48. The lowest BCUT2D eigenvalue weighted by Crippen LogP contribution is -2.40. The van der Waals surface area contributed by atoms with Crippen LogP contribution in [0.5, 0.6) is 5.75 Å². The zero-order valence-corrected chi connectivity index (χ0v) is 17.8. The number of rotatable bonds is 4. The van der Waals surface area contributed by atoms with Crippen LogP contribution in [-0.2, 0) is 13.0 Å². The van der Waals surface area contributed by atoms with Gasteiger partial charge in [0.15, 0.2) is 23.2 Å². The van der Waals surface area contributed by atoms with Gasteiger partial charge < -0.3 is 20.3 Å². The fourth-order valence-corrected chi connectivity index (χ4v) is 3.85. The van der Waals surface area contributed by atoms with Crippen LogP contribution in [-0.4, -0.2) is 41.2 Å². The summed E-state index contributed by atoms with van der Waals surface area (Å²) in [5.41, 5.74) is 1.92. The summed E-state index contributed by atoms with van der Waals surface area (Å²) in [6.45, 7) is 9.43. The SMILES string of the molecule is CC(C)(C)Nc1nc2c(nc1N1CCC(Oc3ccc(F)cc3F)CC1)CNCC2. The first kappa shape index (κ1) is 20.8. The first-order valence-corrected chi connectivity index (χ1v) is 10.5. The quantitative estimate of drug-likeness (QED) is 0.792. The molecule has 0 radical (unpaired) electrons. The molecule has 0 amide bonds. The molecule has 1 fully saturated rings. The zero-order valence-electron chi connectivity index (χ0n) is 17.8. The second kappa shape index (κ2) is 8.34. The van der Waals surface area contributed by atoms with Crippen molar-refractivity contribution in [1.82, 2.24) is 15.3 Å². The Balaban J connectivity index is 1.49. The van der Waals surface area contributed by atoms with Gasteiger partial charge in [-0.3, -0.25) is 0 Å². The van der Waals surface area contributed by atoms with Gasteiger partial charge in [-0.05, 0) is 32.9 Å². The number of ether oxygens (including phenoxy) is 1. The number of anilines is 2. The minimum Gasteiger partial charge on any atom is -0.487 e. The fourth-order valence-electron chi connectivity index (χ4n) is 3.85. The van der Waals surface area contributed by atoms with Crippen LogP contribution in [0.15, 0.2) is 18.2 Å². The third kappa shape index (κ3) is 4.80. The van der Waals surface area contributed by atoms with Gasteiger partial charge in [0.2, 0.25) is 0 Å². The first-order chi connectivity index (χ1) is 14.3. The molecule has 0 unspecified atom stereocenters. The molecule has 4 rings (SSSR count). The second-order valence-corrected chi connectivity index (χ2v) is 8.97. The topological polar surface area (TPSA) is 62.3 Å². The van der Waals surface area contributed by atoms with Crippen molar-refractivity contribution in [2.75, 3.05) is 29.9 Å². The molecule has 0 aliphatic carbocycles. The molecular formula is C22H29F2N5O. The van der Waals surface area contributed by atoms with Crippen LogP contribution < -0.4 is 20.3 Å². The molecule has 1 saturated heterocycles. The molecule has 3 heterocycles. The molecule has 30 heavy (non-hydrogen) atoms. The molecule has 2 aliphatic rings. The zero-order chi connectivity index (χ0) is 21.3. The van der Waals surface area contributed by atoms with Gasteiger partial charge in [0, 0.05) is 57.0 Å². The summed E-state index contributed by atoms with van der Waals surface area (Å²) < 4.78 is 32.8. The van der Waals surface area contributed by atoms with Gasteiger partial charge in [-0.2, -0.15) is 0 Å². The summed E-state index contributed by atoms with van der Waals surface area (Å²) in [5.74, 6) is 0.506. The molecule has 1 aromatic carbocycles. The average Bonchev–Trinajstić information content (AvgIpc) is 2.69. The van der Waals surface area contributed by atoms with E-state index < -0.39 is 11.6 Å². The van der Waals surface area contributed by atoms with Gasteiger partial charge in [0.1, 0.15) is 11.9 Å². The van der Waals surface area contributed by atoms with Gasteiger partial charge in [0.25, 0.3) is 0 Å². The standard InChI is InChI=1S/C22H29F2N5O/c1-22(2,3)28-20-21(27-18-13-25-9-6-17(18)26-20)29-10-7-15(8-11-29)30-19-5-4-14(23)12-16(19)24/h4-5,12,15,25H,6-11,13H2,1-3H3,(H,26,28). The Morgan fingerprint density at radius 2 is 1.90 bits per heavy atom. The van der Waals surface area contributed by atoms with Crippen molar-refractivity contribution in [3.05, 3.63) is 41.2 Å². The molecule has 0 atom stereocenters. The van der Waals surface area contributed by atoms with E-state index in [9.17, 15) is 8.78 Å². The number of benzene rings is 1. The van der Waals surface area contributed by atoms with Crippen molar-refractivity contribution in [2.45, 2.75) is 58.2 Å². The predicted molar refractivity (Wildman–Crippen MR) is 113 cm³/mol. The largest absolute Gasteiger partial charge is 0.487 e. The van der Waals surface area contributed by atoms with Crippen molar-refractivity contribution < 1.29 is 13.5 Å². The number of nitrogens with zero attached hydrogens (tertiary/aromatic N) is 3. The highest BCUT2D eigenvalue weighted by molar-refractivity contribution is 5.63.